The molecule has 1 heterocycles. The molecule has 0 unspecified atom stereocenters. The summed E-state index contributed by atoms with van der Waals surface area (Å²) in [6, 6.07) is 17.3. The molecule has 0 amide bonds. The summed E-state index contributed by atoms with van der Waals surface area (Å²) in [6.07, 6.45) is 0. The highest BCUT2D eigenvalue weighted by molar-refractivity contribution is 9.09. The number of rotatable bonds is 3. The molecule has 0 aliphatic heterocycles. The zero-order valence-electron chi connectivity index (χ0n) is 10.8. The number of fused-ring (bicyclic) bond motifs is 1. The van der Waals surface area contributed by atoms with E-state index in [9.17, 15) is 4.79 Å². The van der Waals surface area contributed by atoms with E-state index in [1.54, 1.807) is 4.57 Å². The Morgan fingerprint density at radius 2 is 1.70 bits per heavy atom. The molecule has 4 heteroatoms. The Hall–Kier alpha value is -1.94. The second-order valence-electron chi connectivity index (χ2n) is 4.46. The highest BCUT2D eigenvalue weighted by atomic mass is 79.9. The number of benzene rings is 2. The van der Waals surface area contributed by atoms with Crippen molar-refractivity contribution < 1.29 is 0 Å². The lowest BCUT2D eigenvalue weighted by molar-refractivity contribution is 0.739. The van der Waals surface area contributed by atoms with Gasteiger partial charge in [-0.1, -0.05) is 58.4 Å². The molecule has 0 radical (unpaired) electrons. The summed E-state index contributed by atoms with van der Waals surface area (Å²) in [6.45, 7) is 0.598. The molecule has 0 aliphatic carbocycles. The zero-order valence-corrected chi connectivity index (χ0v) is 12.4. The Morgan fingerprint density at radius 1 is 1.00 bits per heavy atom. The van der Waals surface area contributed by atoms with Crippen LogP contribution in [-0.2, 0) is 6.54 Å². The van der Waals surface area contributed by atoms with Gasteiger partial charge in [0.05, 0.1) is 10.9 Å². The maximum Gasteiger partial charge on any atom is 0.261 e. The Kier molecular flexibility index (Phi) is 3.65. The molecule has 0 N–H and O–H groups in total. The van der Waals surface area contributed by atoms with Crippen LogP contribution in [0.2, 0.25) is 0 Å². The minimum absolute atomic E-state index is 0.00824. The average Bonchev–Trinajstić information content (AvgIpc) is 2.51. The first-order chi connectivity index (χ1) is 9.81. The first-order valence-electron chi connectivity index (χ1n) is 6.42. The molecule has 0 saturated carbocycles. The van der Waals surface area contributed by atoms with Crippen molar-refractivity contribution >= 4 is 26.8 Å². The topological polar surface area (TPSA) is 34.9 Å². The van der Waals surface area contributed by atoms with Crippen molar-refractivity contribution in [1.82, 2.24) is 9.55 Å². The third-order valence-corrected chi connectivity index (χ3v) is 3.56. The molecule has 0 bridgehead atoms. The molecule has 100 valence electrons. The molecule has 0 fully saturated rings. The van der Waals surface area contributed by atoms with Crippen LogP contribution in [0.5, 0.6) is 0 Å². The summed E-state index contributed by atoms with van der Waals surface area (Å²) in [5, 5.41) is 1.38. The summed E-state index contributed by atoms with van der Waals surface area (Å²) in [4.78, 5) is 17.3. The molecule has 3 rings (SSSR count). The molecule has 0 spiro atoms. The van der Waals surface area contributed by atoms with Gasteiger partial charge < -0.3 is 0 Å². The Labute approximate surface area is 125 Å². The van der Waals surface area contributed by atoms with Gasteiger partial charge in [0.15, 0.2) is 0 Å². The van der Waals surface area contributed by atoms with Crippen molar-refractivity contribution in [3.05, 3.63) is 65.0 Å². The largest absolute Gasteiger partial charge is 0.291 e. The SMILES string of the molecule is O=c1c2ccccc2nc(-c2ccccc2)n1CCBr. The van der Waals surface area contributed by atoms with Gasteiger partial charge in [0.2, 0.25) is 0 Å². The number of nitrogens with zero attached hydrogens (tertiary/aromatic N) is 2. The second kappa shape index (κ2) is 5.59. The average molecular weight is 329 g/mol. The van der Waals surface area contributed by atoms with Gasteiger partial charge in [0, 0.05) is 17.4 Å². The van der Waals surface area contributed by atoms with Gasteiger partial charge in [-0.3, -0.25) is 9.36 Å². The number of alkyl halides is 1. The van der Waals surface area contributed by atoms with Crippen molar-refractivity contribution in [3.63, 3.8) is 0 Å². The number of aromatic nitrogens is 2. The Balaban J connectivity index is 2.35. The normalized spacial score (nSPS) is 10.8. The van der Waals surface area contributed by atoms with Crippen molar-refractivity contribution in [1.29, 1.82) is 0 Å². The summed E-state index contributed by atoms with van der Waals surface area (Å²) in [5.41, 5.74) is 1.70. The van der Waals surface area contributed by atoms with Gasteiger partial charge in [0.25, 0.3) is 5.56 Å². The molecule has 0 saturated heterocycles. The van der Waals surface area contributed by atoms with Crippen LogP contribution in [0.3, 0.4) is 0 Å². The van der Waals surface area contributed by atoms with Gasteiger partial charge in [-0.2, -0.15) is 0 Å². The van der Waals surface area contributed by atoms with E-state index < -0.39 is 0 Å². The molecule has 0 atom stereocenters. The van der Waals surface area contributed by atoms with Crippen molar-refractivity contribution in [3.8, 4) is 11.4 Å². The fraction of sp³-hybridized carbons (Fsp3) is 0.125. The molecule has 0 aliphatic rings. The standard InChI is InChI=1S/C16H13BrN2O/c17-10-11-19-15(12-6-2-1-3-7-12)18-14-9-5-4-8-13(14)16(19)20/h1-9H,10-11H2. The van der Waals surface area contributed by atoms with Crippen LogP contribution in [-0.4, -0.2) is 14.9 Å². The predicted octanol–water partition coefficient (Wildman–Crippen LogP) is 3.46. The third-order valence-electron chi connectivity index (χ3n) is 3.20. The van der Waals surface area contributed by atoms with Gasteiger partial charge in [-0.05, 0) is 12.1 Å². The van der Waals surface area contributed by atoms with Crippen LogP contribution in [0.25, 0.3) is 22.3 Å². The van der Waals surface area contributed by atoms with Crippen molar-refractivity contribution in [2.75, 3.05) is 5.33 Å². The van der Waals surface area contributed by atoms with E-state index in [0.717, 1.165) is 11.1 Å². The lowest BCUT2D eigenvalue weighted by Crippen LogP contribution is -2.24. The first-order valence-corrected chi connectivity index (χ1v) is 7.54. The summed E-state index contributed by atoms with van der Waals surface area (Å²) >= 11 is 3.40. The maximum absolute atomic E-state index is 12.6. The molecular weight excluding hydrogens is 316 g/mol. The molecule has 2 aromatic carbocycles. The molecule has 3 aromatic rings. The van der Waals surface area contributed by atoms with Gasteiger partial charge in [-0.15, -0.1) is 0 Å². The first kappa shape index (κ1) is 13.1. The number of hydrogen-bond donors (Lipinski definition) is 0. The van der Waals surface area contributed by atoms with Crippen LogP contribution in [0.1, 0.15) is 0 Å². The lowest BCUT2D eigenvalue weighted by atomic mass is 10.2. The maximum atomic E-state index is 12.6. The Bertz CT molecular complexity index is 796. The molecular formula is C16H13BrN2O. The van der Waals surface area contributed by atoms with E-state index >= 15 is 0 Å². The van der Waals surface area contributed by atoms with E-state index in [0.29, 0.717) is 23.1 Å². The quantitative estimate of drug-likeness (QED) is 0.690. The van der Waals surface area contributed by atoms with Crippen LogP contribution in [0, 0.1) is 0 Å². The van der Waals surface area contributed by atoms with Crippen LogP contribution < -0.4 is 5.56 Å². The fourth-order valence-corrected chi connectivity index (χ4v) is 2.62. The Morgan fingerprint density at radius 3 is 2.45 bits per heavy atom. The zero-order chi connectivity index (χ0) is 13.9. The highest BCUT2D eigenvalue weighted by Crippen LogP contribution is 2.18. The molecule has 3 nitrogen and oxygen atoms in total. The summed E-state index contributed by atoms with van der Waals surface area (Å²) < 4.78 is 1.73. The number of hydrogen-bond acceptors (Lipinski definition) is 2. The van der Waals surface area contributed by atoms with Crippen LogP contribution >= 0.6 is 15.9 Å². The highest BCUT2D eigenvalue weighted by Gasteiger charge is 2.11. The van der Waals surface area contributed by atoms with Gasteiger partial charge in [-0.25, -0.2) is 4.98 Å². The van der Waals surface area contributed by atoms with E-state index in [4.69, 9.17) is 0 Å². The smallest absolute Gasteiger partial charge is 0.261 e. The number of halogens is 1. The molecule has 1 aromatic heterocycles. The monoisotopic (exact) mass is 328 g/mol. The number of para-hydroxylation sites is 1. The van der Waals surface area contributed by atoms with E-state index in [1.165, 1.54) is 0 Å². The molecule has 20 heavy (non-hydrogen) atoms. The van der Waals surface area contributed by atoms with E-state index in [-0.39, 0.29) is 5.56 Å². The van der Waals surface area contributed by atoms with Crippen molar-refractivity contribution in [2.24, 2.45) is 0 Å². The van der Waals surface area contributed by atoms with E-state index in [1.807, 2.05) is 54.6 Å². The van der Waals surface area contributed by atoms with Crippen LogP contribution in [0.15, 0.2) is 59.4 Å². The summed E-state index contributed by atoms with van der Waals surface area (Å²) in [7, 11) is 0. The van der Waals surface area contributed by atoms with Gasteiger partial charge in [0.1, 0.15) is 5.82 Å². The minimum atomic E-state index is 0.00824. The lowest BCUT2D eigenvalue weighted by Gasteiger charge is -2.12. The van der Waals surface area contributed by atoms with E-state index in [2.05, 4.69) is 20.9 Å². The third kappa shape index (κ3) is 2.27. The van der Waals surface area contributed by atoms with Crippen LogP contribution in [0.4, 0.5) is 0 Å². The fourth-order valence-electron chi connectivity index (χ4n) is 2.27. The summed E-state index contributed by atoms with van der Waals surface area (Å²) in [5.74, 6) is 0.716. The van der Waals surface area contributed by atoms with Crippen molar-refractivity contribution in [2.45, 2.75) is 6.54 Å². The second-order valence-corrected chi connectivity index (χ2v) is 5.26. The van der Waals surface area contributed by atoms with Gasteiger partial charge >= 0.3 is 0 Å². The minimum Gasteiger partial charge on any atom is -0.291 e. The predicted molar refractivity (Wildman–Crippen MR) is 85.2 cm³/mol.